The van der Waals surface area contributed by atoms with Crippen LogP contribution in [0.15, 0.2) is 12.4 Å². The van der Waals surface area contributed by atoms with E-state index in [2.05, 4.69) is 14.7 Å². The fourth-order valence-electron chi connectivity index (χ4n) is 1.96. The van der Waals surface area contributed by atoms with Gasteiger partial charge in [0.25, 0.3) is 0 Å². The Morgan fingerprint density at radius 1 is 1.45 bits per heavy atom. The van der Waals surface area contributed by atoms with Crippen molar-refractivity contribution < 1.29 is 24.2 Å². The lowest BCUT2D eigenvalue weighted by molar-refractivity contribution is -0.150. The molecule has 0 spiro atoms. The maximum atomic E-state index is 11.4. The number of carbonyl (C=O) groups excluding carboxylic acids is 1. The van der Waals surface area contributed by atoms with E-state index in [4.69, 9.17) is 9.84 Å². The molecule has 0 atom stereocenters. The SMILES string of the molecule is COC(=O)c1cncc(N2CC(C)(OCC(=O)O)C2)n1. The summed E-state index contributed by atoms with van der Waals surface area (Å²) in [5, 5.41) is 8.59. The zero-order valence-electron chi connectivity index (χ0n) is 11.2. The van der Waals surface area contributed by atoms with Gasteiger partial charge in [0.1, 0.15) is 18.0 Å². The van der Waals surface area contributed by atoms with Crippen LogP contribution in [0, 0.1) is 0 Å². The molecule has 0 radical (unpaired) electrons. The Hall–Kier alpha value is -2.22. The van der Waals surface area contributed by atoms with Gasteiger partial charge in [-0.15, -0.1) is 0 Å². The minimum Gasteiger partial charge on any atom is -0.480 e. The normalized spacial score (nSPS) is 16.4. The molecular weight excluding hydrogens is 266 g/mol. The summed E-state index contributed by atoms with van der Waals surface area (Å²) in [4.78, 5) is 31.8. The first-order valence-electron chi connectivity index (χ1n) is 5.94. The second-order valence-corrected chi connectivity index (χ2v) is 4.74. The average molecular weight is 281 g/mol. The molecule has 8 heteroatoms. The molecule has 1 aliphatic rings. The Morgan fingerprint density at radius 3 is 2.75 bits per heavy atom. The van der Waals surface area contributed by atoms with Crippen LogP contribution in [0.2, 0.25) is 0 Å². The summed E-state index contributed by atoms with van der Waals surface area (Å²) in [5.74, 6) is -1.02. The van der Waals surface area contributed by atoms with Crippen LogP contribution in [0.3, 0.4) is 0 Å². The van der Waals surface area contributed by atoms with Crippen molar-refractivity contribution in [2.45, 2.75) is 12.5 Å². The molecule has 1 fully saturated rings. The number of ether oxygens (including phenoxy) is 2. The summed E-state index contributed by atoms with van der Waals surface area (Å²) in [5.41, 5.74) is -0.397. The molecule has 20 heavy (non-hydrogen) atoms. The number of methoxy groups -OCH3 is 1. The Balaban J connectivity index is 1.98. The molecule has 1 saturated heterocycles. The van der Waals surface area contributed by atoms with Crippen molar-refractivity contribution in [3.8, 4) is 0 Å². The number of aromatic nitrogens is 2. The number of anilines is 1. The molecule has 1 aromatic heterocycles. The Morgan fingerprint density at radius 2 is 2.15 bits per heavy atom. The van der Waals surface area contributed by atoms with Gasteiger partial charge in [-0.25, -0.2) is 14.6 Å². The van der Waals surface area contributed by atoms with E-state index in [1.165, 1.54) is 19.5 Å². The van der Waals surface area contributed by atoms with Gasteiger partial charge in [0.15, 0.2) is 5.69 Å². The first kappa shape index (κ1) is 14.2. The Labute approximate surface area is 115 Å². The van der Waals surface area contributed by atoms with Crippen LogP contribution in [-0.4, -0.2) is 59.4 Å². The molecule has 0 aromatic carbocycles. The summed E-state index contributed by atoms with van der Waals surface area (Å²) in [6.45, 7) is 2.46. The monoisotopic (exact) mass is 281 g/mol. The minimum absolute atomic E-state index is 0.130. The van der Waals surface area contributed by atoms with Gasteiger partial charge in [-0.05, 0) is 6.92 Å². The highest BCUT2D eigenvalue weighted by atomic mass is 16.5. The Bertz CT molecular complexity index is 528. The zero-order valence-corrected chi connectivity index (χ0v) is 11.2. The van der Waals surface area contributed by atoms with Crippen LogP contribution in [0.5, 0.6) is 0 Å². The first-order valence-corrected chi connectivity index (χ1v) is 5.94. The highest BCUT2D eigenvalue weighted by molar-refractivity contribution is 5.87. The van der Waals surface area contributed by atoms with Gasteiger partial charge in [0.2, 0.25) is 0 Å². The number of carboxylic acid groups (broad SMARTS) is 1. The molecule has 108 valence electrons. The third-order valence-corrected chi connectivity index (χ3v) is 2.94. The van der Waals surface area contributed by atoms with E-state index >= 15 is 0 Å². The van der Waals surface area contributed by atoms with E-state index in [9.17, 15) is 9.59 Å². The van der Waals surface area contributed by atoms with Crippen molar-refractivity contribution in [2.75, 3.05) is 31.7 Å². The minimum atomic E-state index is -1.00. The average Bonchev–Trinajstić information content (AvgIpc) is 2.41. The number of esters is 1. The maximum Gasteiger partial charge on any atom is 0.358 e. The molecule has 0 bridgehead atoms. The van der Waals surface area contributed by atoms with Crippen LogP contribution in [-0.2, 0) is 14.3 Å². The number of rotatable bonds is 5. The molecule has 0 aliphatic carbocycles. The van der Waals surface area contributed by atoms with Crippen LogP contribution >= 0.6 is 0 Å². The largest absolute Gasteiger partial charge is 0.480 e. The fourth-order valence-corrected chi connectivity index (χ4v) is 1.96. The third kappa shape index (κ3) is 3.02. The molecule has 1 aliphatic heterocycles. The van der Waals surface area contributed by atoms with Crippen molar-refractivity contribution >= 4 is 17.8 Å². The first-order chi connectivity index (χ1) is 9.43. The second-order valence-electron chi connectivity index (χ2n) is 4.74. The van der Waals surface area contributed by atoms with Gasteiger partial charge in [-0.2, -0.15) is 0 Å². The summed E-state index contributed by atoms with van der Waals surface area (Å²) in [6.07, 6.45) is 2.86. The molecular formula is C12H15N3O5. The topological polar surface area (TPSA) is 102 Å². The Kier molecular flexibility index (Phi) is 3.84. The van der Waals surface area contributed by atoms with Crippen molar-refractivity contribution in [3.63, 3.8) is 0 Å². The molecule has 0 saturated carbocycles. The number of hydrogen-bond donors (Lipinski definition) is 1. The van der Waals surface area contributed by atoms with Gasteiger partial charge >= 0.3 is 11.9 Å². The molecule has 2 rings (SSSR count). The number of carboxylic acids is 1. The molecule has 0 unspecified atom stereocenters. The van der Waals surface area contributed by atoms with Crippen LogP contribution < -0.4 is 4.90 Å². The van der Waals surface area contributed by atoms with Gasteiger partial charge in [0, 0.05) is 0 Å². The van der Waals surface area contributed by atoms with Crippen molar-refractivity contribution in [1.29, 1.82) is 0 Å². The summed E-state index contributed by atoms with van der Waals surface area (Å²) >= 11 is 0. The van der Waals surface area contributed by atoms with Crippen LogP contribution in [0.1, 0.15) is 17.4 Å². The molecule has 2 heterocycles. The van der Waals surface area contributed by atoms with E-state index < -0.39 is 17.5 Å². The standard InChI is InChI=1S/C12H15N3O5/c1-12(20-5-10(16)17)6-15(7-12)9-4-13-3-8(14-9)11(18)19-2/h3-4H,5-7H2,1-2H3,(H,16,17). The summed E-state index contributed by atoms with van der Waals surface area (Å²) < 4.78 is 9.88. The lowest BCUT2D eigenvalue weighted by atomic mass is 9.96. The van der Waals surface area contributed by atoms with Crippen molar-refractivity contribution in [2.24, 2.45) is 0 Å². The van der Waals surface area contributed by atoms with E-state index in [1.54, 1.807) is 0 Å². The number of aliphatic carboxylic acids is 1. The second kappa shape index (κ2) is 5.41. The fraction of sp³-hybridized carbons (Fsp3) is 0.500. The van der Waals surface area contributed by atoms with Gasteiger partial charge in [-0.1, -0.05) is 0 Å². The third-order valence-electron chi connectivity index (χ3n) is 2.94. The van der Waals surface area contributed by atoms with Crippen molar-refractivity contribution in [1.82, 2.24) is 9.97 Å². The van der Waals surface area contributed by atoms with Gasteiger partial charge < -0.3 is 19.5 Å². The van der Waals surface area contributed by atoms with Crippen molar-refractivity contribution in [3.05, 3.63) is 18.1 Å². The quantitative estimate of drug-likeness (QED) is 0.749. The number of hydrogen-bond acceptors (Lipinski definition) is 7. The number of nitrogens with zero attached hydrogens (tertiary/aromatic N) is 3. The maximum absolute atomic E-state index is 11.4. The summed E-state index contributed by atoms with van der Waals surface area (Å²) in [7, 11) is 1.27. The van der Waals surface area contributed by atoms with Crippen LogP contribution in [0.4, 0.5) is 5.82 Å². The zero-order chi connectivity index (χ0) is 14.8. The highest BCUT2D eigenvalue weighted by Crippen LogP contribution is 2.28. The van der Waals surface area contributed by atoms with E-state index in [1.807, 2.05) is 11.8 Å². The molecule has 1 N–H and O–H groups in total. The predicted octanol–water partition coefficient (Wildman–Crippen LogP) is -0.0569. The molecule has 0 amide bonds. The smallest absolute Gasteiger partial charge is 0.358 e. The van der Waals surface area contributed by atoms with Gasteiger partial charge in [-0.3, -0.25) is 4.98 Å². The number of carbonyl (C=O) groups is 2. The van der Waals surface area contributed by atoms with E-state index in [0.29, 0.717) is 18.9 Å². The van der Waals surface area contributed by atoms with E-state index in [-0.39, 0.29) is 12.3 Å². The molecule has 8 nitrogen and oxygen atoms in total. The molecule has 1 aromatic rings. The van der Waals surface area contributed by atoms with Gasteiger partial charge in [0.05, 0.1) is 32.6 Å². The lowest BCUT2D eigenvalue weighted by Gasteiger charge is -2.47. The summed E-state index contributed by atoms with van der Waals surface area (Å²) in [6, 6.07) is 0. The van der Waals surface area contributed by atoms with E-state index in [0.717, 1.165) is 0 Å². The lowest BCUT2D eigenvalue weighted by Crippen LogP contribution is -2.62. The predicted molar refractivity (Wildman–Crippen MR) is 67.6 cm³/mol. The van der Waals surface area contributed by atoms with Crippen LogP contribution in [0.25, 0.3) is 0 Å². The highest BCUT2D eigenvalue weighted by Gasteiger charge is 2.41.